The molecule has 0 radical (unpaired) electrons. The summed E-state index contributed by atoms with van der Waals surface area (Å²) in [6.07, 6.45) is 4.85. The second-order valence-electron chi connectivity index (χ2n) is 5.49. The third-order valence-corrected chi connectivity index (χ3v) is 3.66. The van der Waals surface area contributed by atoms with Gasteiger partial charge in [0, 0.05) is 29.5 Å². The lowest BCUT2D eigenvalue weighted by atomic mass is 9.97. The molecule has 106 valence electrons. The van der Waals surface area contributed by atoms with Crippen molar-refractivity contribution in [2.45, 2.75) is 32.9 Å². The van der Waals surface area contributed by atoms with Gasteiger partial charge in [0.2, 0.25) is 0 Å². The number of nitrogens with one attached hydrogen (secondary N) is 1. The predicted molar refractivity (Wildman–Crippen MR) is 87.4 cm³/mol. The summed E-state index contributed by atoms with van der Waals surface area (Å²) in [7, 11) is 0. The van der Waals surface area contributed by atoms with E-state index in [0.29, 0.717) is 12.0 Å². The van der Waals surface area contributed by atoms with Crippen molar-refractivity contribution in [3.63, 3.8) is 0 Å². The highest BCUT2D eigenvalue weighted by Gasteiger charge is 2.12. The van der Waals surface area contributed by atoms with Crippen LogP contribution in [-0.4, -0.2) is 4.98 Å². The molecule has 2 aromatic rings. The Morgan fingerprint density at radius 2 is 1.90 bits per heavy atom. The Morgan fingerprint density at radius 3 is 2.55 bits per heavy atom. The van der Waals surface area contributed by atoms with E-state index in [4.69, 9.17) is 0 Å². The molecular formula is C17H21BrN2. The van der Waals surface area contributed by atoms with Crippen LogP contribution in [0, 0.1) is 5.92 Å². The molecule has 1 unspecified atom stereocenters. The Labute approximate surface area is 129 Å². The first-order chi connectivity index (χ1) is 9.65. The van der Waals surface area contributed by atoms with E-state index >= 15 is 0 Å². The quantitative estimate of drug-likeness (QED) is 0.827. The van der Waals surface area contributed by atoms with Crippen LogP contribution in [0.15, 0.2) is 53.3 Å². The second kappa shape index (κ2) is 7.55. The number of pyridine rings is 1. The summed E-state index contributed by atoms with van der Waals surface area (Å²) in [6.45, 7) is 5.36. The maximum atomic E-state index is 4.21. The summed E-state index contributed by atoms with van der Waals surface area (Å²) in [4.78, 5) is 4.21. The van der Waals surface area contributed by atoms with Crippen molar-refractivity contribution in [2.75, 3.05) is 0 Å². The van der Waals surface area contributed by atoms with E-state index in [0.717, 1.165) is 17.4 Å². The van der Waals surface area contributed by atoms with Crippen LogP contribution in [0.3, 0.4) is 0 Å². The number of aromatic nitrogens is 1. The molecule has 1 N–H and O–H groups in total. The molecule has 0 bridgehead atoms. The Morgan fingerprint density at radius 1 is 1.15 bits per heavy atom. The minimum Gasteiger partial charge on any atom is -0.306 e. The normalized spacial score (nSPS) is 12.6. The third kappa shape index (κ3) is 4.73. The molecule has 0 aliphatic carbocycles. The van der Waals surface area contributed by atoms with Gasteiger partial charge in [-0.3, -0.25) is 4.98 Å². The highest BCUT2D eigenvalue weighted by molar-refractivity contribution is 9.10. The first kappa shape index (κ1) is 15.2. The number of rotatable bonds is 6. The lowest BCUT2D eigenvalue weighted by Gasteiger charge is -2.21. The lowest BCUT2D eigenvalue weighted by molar-refractivity contribution is 0.428. The number of hydrogen-bond acceptors (Lipinski definition) is 2. The molecule has 0 aliphatic rings. The summed E-state index contributed by atoms with van der Waals surface area (Å²) < 4.78 is 1.02. The topological polar surface area (TPSA) is 24.9 Å². The fraction of sp³-hybridized carbons (Fsp3) is 0.353. The third-order valence-electron chi connectivity index (χ3n) is 3.22. The van der Waals surface area contributed by atoms with Crippen molar-refractivity contribution in [3.8, 4) is 0 Å². The molecule has 3 heteroatoms. The molecular weight excluding hydrogens is 312 g/mol. The summed E-state index contributed by atoms with van der Waals surface area (Å²) >= 11 is 3.46. The highest BCUT2D eigenvalue weighted by Crippen LogP contribution is 2.21. The minimum atomic E-state index is 0.384. The van der Waals surface area contributed by atoms with Crippen LogP contribution in [-0.2, 0) is 6.54 Å². The van der Waals surface area contributed by atoms with E-state index in [2.05, 4.69) is 76.5 Å². The van der Waals surface area contributed by atoms with Crippen molar-refractivity contribution < 1.29 is 0 Å². The van der Waals surface area contributed by atoms with Gasteiger partial charge in [0.05, 0.1) is 0 Å². The van der Waals surface area contributed by atoms with Gasteiger partial charge in [0.25, 0.3) is 0 Å². The molecule has 1 heterocycles. The first-order valence-corrected chi connectivity index (χ1v) is 7.82. The van der Waals surface area contributed by atoms with Crippen molar-refractivity contribution >= 4 is 15.9 Å². The van der Waals surface area contributed by atoms with Gasteiger partial charge >= 0.3 is 0 Å². The summed E-state index contributed by atoms with van der Waals surface area (Å²) in [5.74, 6) is 0.661. The van der Waals surface area contributed by atoms with Crippen LogP contribution in [0.5, 0.6) is 0 Å². The molecule has 0 amide bonds. The van der Waals surface area contributed by atoms with E-state index in [-0.39, 0.29) is 0 Å². The molecule has 20 heavy (non-hydrogen) atoms. The summed E-state index contributed by atoms with van der Waals surface area (Å²) in [5.41, 5.74) is 2.55. The van der Waals surface area contributed by atoms with Crippen LogP contribution in [0.4, 0.5) is 0 Å². The average Bonchev–Trinajstić information content (AvgIpc) is 2.44. The van der Waals surface area contributed by atoms with Crippen LogP contribution in [0.2, 0.25) is 0 Å². The van der Waals surface area contributed by atoms with Gasteiger partial charge in [0.15, 0.2) is 0 Å². The number of nitrogens with zero attached hydrogens (tertiary/aromatic N) is 1. The molecule has 0 aliphatic heterocycles. The standard InChI is InChI=1S/C17H21BrN2/c1-13(2)8-17(15-6-4-3-5-7-15)20-11-14-9-16(18)12-19-10-14/h3-7,9-10,12-13,17,20H,8,11H2,1-2H3. The summed E-state index contributed by atoms with van der Waals surface area (Å²) in [6, 6.07) is 13.1. The molecule has 2 nitrogen and oxygen atoms in total. The van der Waals surface area contributed by atoms with Gasteiger partial charge in [-0.1, -0.05) is 44.2 Å². The first-order valence-electron chi connectivity index (χ1n) is 7.03. The van der Waals surface area contributed by atoms with E-state index in [1.807, 2.05) is 12.4 Å². The monoisotopic (exact) mass is 332 g/mol. The van der Waals surface area contributed by atoms with Crippen LogP contribution >= 0.6 is 15.9 Å². The van der Waals surface area contributed by atoms with E-state index in [9.17, 15) is 0 Å². The highest BCUT2D eigenvalue weighted by atomic mass is 79.9. The van der Waals surface area contributed by atoms with Gasteiger partial charge in [-0.05, 0) is 45.5 Å². The van der Waals surface area contributed by atoms with E-state index < -0.39 is 0 Å². The zero-order chi connectivity index (χ0) is 14.4. The fourth-order valence-electron chi connectivity index (χ4n) is 2.29. The van der Waals surface area contributed by atoms with Crippen molar-refractivity contribution in [2.24, 2.45) is 5.92 Å². The van der Waals surface area contributed by atoms with Crippen molar-refractivity contribution in [1.29, 1.82) is 0 Å². The van der Waals surface area contributed by atoms with Crippen LogP contribution in [0.1, 0.15) is 37.4 Å². The van der Waals surface area contributed by atoms with Gasteiger partial charge in [-0.2, -0.15) is 0 Å². The maximum Gasteiger partial charge on any atom is 0.0410 e. The molecule has 0 fully saturated rings. The van der Waals surface area contributed by atoms with Crippen molar-refractivity contribution in [3.05, 3.63) is 64.4 Å². The zero-order valence-electron chi connectivity index (χ0n) is 12.0. The van der Waals surface area contributed by atoms with Crippen LogP contribution < -0.4 is 5.32 Å². The SMILES string of the molecule is CC(C)CC(NCc1cncc(Br)c1)c1ccccc1. The number of hydrogen-bond donors (Lipinski definition) is 1. The molecule has 0 spiro atoms. The Kier molecular flexibility index (Phi) is 5.74. The lowest BCUT2D eigenvalue weighted by Crippen LogP contribution is -2.22. The Hall–Kier alpha value is -1.19. The fourth-order valence-corrected chi connectivity index (χ4v) is 2.70. The van der Waals surface area contributed by atoms with Crippen LogP contribution in [0.25, 0.3) is 0 Å². The van der Waals surface area contributed by atoms with Gasteiger partial charge < -0.3 is 5.32 Å². The van der Waals surface area contributed by atoms with Gasteiger partial charge in [0.1, 0.15) is 0 Å². The molecule has 0 saturated carbocycles. The smallest absolute Gasteiger partial charge is 0.0410 e. The average molecular weight is 333 g/mol. The predicted octanol–water partition coefficient (Wildman–Crippen LogP) is 4.72. The maximum absolute atomic E-state index is 4.21. The molecule has 0 saturated heterocycles. The largest absolute Gasteiger partial charge is 0.306 e. The van der Waals surface area contributed by atoms with E-state index in [1.54, 1.807) is 0 Å². The number of halogens is 1. The molecule has 1 aromatic heterocycles. The Balaban J connectivity index is 2.05. The second-order valence-corrected chi connectivity index (χ2v) is 6.40. The molecule has 1 atom stereocenters. The Bertz CT molecular complexity index is 526. The summed E-state index contributed by atoms with van der Waals surface area (Å²) in [5, 5.41) is 3.65. The van der Waals surface area contributed by atoms with Gasteiger partial charge in [-0.15, -0.1) is 0 Å². The molecule has 2 rings (SSSR count). The van der Waals surface area contributed by atoms with Crippen molar-refractivity contribution in [1.82, 2.24) is 10.3 Å². The van der Waals surface area contributed by atoms with E-state index in [1.165, 1.54) is 11.1 Å². The van der Waals surface area contributed by atoms with Gasteiger partial charge in [-0.25, -0.2) is 0 Å². The zero-order valence-corrected chi connectivity index (χ0v) is 13.6. The molecule has 1 aromatic carbocycles. The minimum absolute atomic E-state index is 0.384. The number of benzene rings is 1.